The minimum atomic E-state index is -3.36. The van der Waals surface area contributed by atoms with Gasteiger partial charge in [-0.25, -0.2) is 13.1 Å². The Hall–Kier alpha value is -1.93. The molecule has 1 heterocycles. The molecule has 2 rings (SSSR count). The lowest BCUT2D eigenvalue weighted by Crippen LogP contribution is -2.48. The maximum atomic E-state index is 12.3. The number of carboxylic acids is 1. The van der Waals surface area contributed by atoms with Crippen LogP contribution < -0.4 is 4.72 Å². The van der Waals surface area contributed by atoms with Crippen LogP contribution in [0.3, 0.4) is 0 Å². The van der Waals surface area contributed by atoms with Crippen molar-refractivity contribution < 1.29 is 23.1 Å². The number of hydrogen-bond donors (Lipinski definition) is 2. The Morgan fingerprint density at radius 1 is 1.35 bits per heavy atom. The number of hydrogen-bond acceptors (Lipinski definition) is 4. The third-order valence-electron chi connectivity index (χ3n) is 3.88. The molecule has 0 bridgehead atoms. The lowest BCUT2D eigenvalue weighted by atomic mass is 9.84. The third kappa shape index (κ3) is 4.52. The van der Waals surface area contributed by atoms with Crippen LogP contribution in [0.4, 0.5) is 0 Å². The number of nitrogens with zero attached hydrogens (tertiary/aromatic N) is 1. The van der Waals surface area contributed by atoms with Gasteiger partial charge in [0.1, 0.15) is 0 Å². The van der Waals surface area contributed by atoms with E-state index in [1.165, 1.54) is 4.90 Å². The third-order valence-corrected chi connectivity index (χ3v) is 4.61. The van der Waals surface area contributed by atoms with E-state index in [2.05, 4.69) is 4.72 Å². The summed E-state index contributed by atoms with van der Waals surface area (Å²) in [4.78, 5) is 25.3. The molecule has 1 saturated heterocycles. The second kappa shape index (κ2) is 7.10. The van der Waals surface area contributed by atoms with Gasteiger partial charge >= 0.3 is 5.97 Å². The summed E-state index contributed by atoms with van der Waals surface area (Å²) in [6.45, 7) is 0.190. The van der Waals surface area contributed by atoms with E-state index in [1.807, 2.05) is 6.07 Å². The van der Waals surface area contributed by atoms with Crippen LogP contribution in [0.5, 0.6) is 0 Å². The number of benzene rings is 1. The van der Waals surface area contributed by atoms with Crippen molar-refractivity contribution in [3.05, 3.63) is 35.9 Å². The molecule has 0 spiro atoms. The van der Waals surface area contributed by atoms with Crippen molar-refractivity contribution in [1.29, 1.82) is 0 Å². The molecule has 2 unspecified atom stereocenters. The van der Waals surface area contributed by atoms with Gasteiger partial charge in [0.25, 0.3) is 0 Å². The predicted molar refractivity (Wildman–Crippen MR) is 84.1 cm³/mol. The average molecular weight is 340 g/mol. The molecule has 1 fully saturated rings. The van der Waals surface area contributed by atoms with Crippen molar-refractivity contribution >= 4 is 21.9 Å². The minimum Gasteiger partial charge on any atom is -0.481 e. The quantitative estimate of drug-likeness (QED) is 0.789. The molecule has 2 N–H and O–H groups in total. The van der Waals surface area contributed by atoms with Gasteiger partial charge in [-0.05, 0) is 12.0 Å². The lowest BCUT2D eigenvalue weighted by molar-refractivity contribution is -0.152. The summed E-state index contributed by atoms with van der Waals surface area (Å²) < 4.78 is 24.7. The first-order chi connectivity index (χ1) is 10.8. The summed E-state index contributed by atoms with van der Waals surface area (Å²) >= 11 is 0. The highest BCUT2D eigenvalue weighted by Gasteiger charge is 2.40. The normalized spacial score (nSPS) is 22.1. The van der Waals surface area contributed by atoms with Crippen molar-refractivity contribution in [2.45, 2.75) is 18.9 Å². The molecule has 126 valence electrons. The lowest BCUT2D eigenvalue weighted by Gasteiger charge is -2.39. The number of amides is 1. The SMILES string of the molecule is CS(=O)(=O)NCCN1C(=O)CCC(C(=O)O)C1c1ccccc1. The Kier molecular flexibility index (Phi) is 5.38. The van der Waals surface area contributed by atoms with E-state index in [9.17, 15) is 23.1 Å². The molecule has 0 saturated carbocycles. The molecule has 7 nitrogen and oxygen atoms in total. The Bertz CT molecular complexity index is 674. The summed E-state index contributed by atoms with van der Waals surface area (Å²) in [6, 6.07) is 8.39. The van der Waals surface area contributed by atoms with E-state index in [0.29, 0.717) is 0 Å². The molecule has 8 heteroatoms. The molecular formula is C15H20N2O5S. The number of carbonyl (C=O) groups is 2. The number of aliphatic carboxylic acids is 1. The average Bonchev–Trinajstić information content (AvgIpc) is 2.48. The van der Waals surface area contributed by atoms with Gasteiger partial charge in [-0.15, -0.1) is 0 Å². The second-order valence-electron chi connectivity index (χ2n) is 5.59. The van der Waals surface area contributed by atoms with Crippen LogP contribution in [-0.2, 0) is 19.6 Å². The van der Waals surface area contributed by atoms with E-state index in [-0.39, 0.29) is 31.8 Å². The largest absolute Gasteiger partial charge is 0.481 e. The monoisotopic (exact) mass is 340 g/mol. The van der Waals surface area contributed by atoms with Gasteiger partial charge in [-0.3, -0.25) is 9.59 Å². The molecule has 1 amide bonds. The van der Waals surface area contributed by atoms with Crippen molar-refractivity contribution in [3.8, 4) is 0 Å². The molecule has 23 heavy (non-hydrogen) atoms. The van der Waals surface area contributed by atoms with E-state index < -0.39 is 28.0 Å². The number of sulfonamides is 1. The van der Waals surface area contributed by atoms with Gasteiger partial charge in [0.05, 0.1) is 18.2 Å². The molecule has 0 radical (unpaired) electrons. The van der Waals surface area contributed by atoms with E-state index in [1.54, 1.807) is 24.3 Å². The van der Waals surface area contributed by atoms with Crippen LogP contribution in [0.15, 0.2) is 30.3 Å². The number of carboxylic acid groups (broad SMARTS) is 1. The molecule has 1 aliphatic heterocycles. The van der Waals surface area contributed by atoms with Crippen molar-refractivity contribution in [2.24, 2.45) is 5.92 Å². The van der Waals surface area contributed by atoms with Gasteiger partial charge in [-0.2, -0.15) is 0 Å². The fourth-order valence-electron chi connectivity index (χ4n) is 2.89. The highest BCUT2D eigenvalue weighted by Crippen LogP contribution is 2.36. The fourth-order valence-corrected chi connectivity index (χ4v) is 3.35. The minimum absolute atomic E-state index is 0.0558. The van der Waals surface area contributed by atoms with Crippen LogP contribution in [0.1, 0.15) is 24.4 Å². The van der Waals surface area contributed by atoms with Gasteiger partial charge in [0.15, 0.2) is 0 Å². The zero-order valence-electron chi connectivity index (χ0n) is 12.8. The summed E-state index contributed by atoms with van der Waals surface area (Å²) in [6.07, 6.45) is 1.47. The topological polar surface area (TPSA) is 104 Å². The maximum absolute atomic E-state index is 12.3. The second-order valence-corrected chi connectivity index (χ2v) is 7.43. The summed E-state index contributed by atoms with van der Waals surface area (Å²) in [5.74, 6) is -1.81. The van der Waals surface area contributed by atoms with Crippen molar-refractivity contribution in [3.63, 3.8) is 0 Å². The first kappa shape index (κ1) is 17.4. The standard InChI is InChI=1S/C15H20N2O5S/c1-23(21,22)16-9-10-17-13(18)8-7-12(15(19)20)14(17)11-5-3-2-4-6-11/h2-6,12,14,16H,7-10H2,1H3,(H,19,20). The molecule has 1 aliphatic rings. The van der Waals surface area contributed by atoms with Gasteiger partial charge in [-0.1, -0.05) is 30.3 Å². The summed E-state index contributed by atoms with van der Waals surface area (Å²) in [7, 11) is -3.36. The van der Waals surface area contributed by atoms with E-state index >= 15 is 0 Å². The van der Waals surface area contributed by atoms with Gasteiger partial charge in [0.2, 0.25) is 15.9 Å². The number of nitrogens with one attached hydrogen (secondary N) is 1. The first-order valence-electron chi connectivity index (χ1n) is 7.31. The van der Waals surface area contributed by atoms with E-state index in [0.717, 1.165) is 11.8 Å². The highest BCUT2D eigenvalue weighted by atomic mass is 32.2. The van der Waals surface area contributed by atoms with Crippen LogP contribution >= 0.6 is 0 Å². The number of likely N-dealkylation sites (tertiary alicyclic amines) is 1. The Labute approximate surface area is 135 Å². The molecule has 1 aromatic carbocycles. The van der Waals surface area contributed by atoms with E-state index in [4.69, 9.17) is 0 Å². The maximum Gasteiger partial charge on any atom is 0.308 e. The fraction of sp³-hybridized carbons (Fsp3) is 0.467. The predicted octanol–water partition coefficient (Wildman–Crippen LogP) is 0.600. The smallest absolute Gasteiger partial charge is 0.308 e. The van der Waals surface area contributed by atoms with Crippen LogP contribution in [-0.4, -0.2) is 49.6 Å². The molecule has 0 aromatic heterocycles. The number of carbonyl (C=O) groups excluding carboxylic acids is 1. The Balaban J connectivity index is 2.26. The molecule has 0 aliphatic carbocycles. The van der Waals surface area contributed by atoms with Crippen LogP contribution in [0.2, 0.25) is 0 Å². The first-order valence-corrected chi connectivity index (χ1v) is 9.20. The van der Waals surface area contributed by atoms with Crippen molar-refractivity contribution in [2.75, 3.05) is 19.3 Å². The van der Waals surface area contributed by atoms with Crippen LogP contribution in [0, 0.1) is 5.92 Å². The molecule has 1 aromatic rings. The van der Waals surface area contributed by atoms with Crippen LogP contribution in [0.25, 0.3) is 0 Å². The Morgan fingerprint density at radius 3 is 2.57 bits per heavy atom. The van der Waals surface area contributed by atoms with Crippen molar-refractivity contribution in [1.82, 2.24) is 9.62 Å². The number of piperidine rings is 1. The summed E-state index contributed by atoms with van der Waals surface area (Å²) in [5, 5.41) is 9.48. The summed E-state index contributed by atoms with van der Waals surface area (Å²) in [5.41, 5.74) is 0.743. The van der Waals surface area contributed by atoms with Gasteiger partial charge < -0.3 is 10.0 Å². The number of rotatable bonds is 6. The molecular weight excluding hydrogens is 320 g/mol. The zero-order valence-corrected chi connectivity index (χ0v) is 13.6. The highest BCUT2D eigenvalue weighted by molar-refractivity contribution is 7.88. The Morgan fingerprint density at radius 2 is 2.00 bits per heavy atom. The van der Waals surface area contributed by atoms with Gasteiger partial charge in [0, 0.05) is 19.5 Å². The molecule has 2 atom stereocenters. The zero-order chi connectivity index (χ0) is 17.0.